The Kier molecular flexibility index (Phi) is 20.6. The molecule has 2 aromatic carbocycles. The maximum absolute atomic E-state index is 15.7. The van der Waals surface area contributed by atoms with Gasteiger partial charge in [-0.1, -0.05) is 65.0 Å². The van der Waals surface area contributed by atoms with E-state index in [4.69, 9.17) is 0 Å². The maximum Gasteiger partial charge on any atom is 0.249 e. The number of halogens is 2. The first-order chi connectivity index (χ1) is 35.9. The maximum atomic E-state index is 15.7. The molecule has 4 aliphatic rings. The summed E-state index contributed by atoms with van der Waals surface area (Å²) in [7, 11) is 0. The molecule has 0 saturated carbocycles. The van der Waals surface area contributed by atoms with E-state index in [0.29, 0.717) is 102 Å². The molecule has 4 fully saturated rings. The molecule has 7 rings (SSSR count). The Hall–Kier alpha value is -5.50. The molecule has 0 bridgehead atoms. The summed E-state index contributed by atoms with van der Waals surface area (Å²) >= 11 is 0. The fourth-order valence-corrected chi connectivity index (χ4v) is 10.8. The molecule has 0 radical (unpaired) electrons. The molecule has 0 aliphatic carbocycles. The number of amides is 4. The van der Waals surface area contributed by atoms with Crippen molar-refractivity contribution in [1.82, 2.24) is 45.9 Å². The summed E-state index contributed by atoms with van der Waals surface area (Å²) < 4.78 is 31.2. The summed E-state index contributed by atoms with van der Waals surface area (Å²) in [6.45, 7) is 20.6. The Morgan fingerprint density at radius 3 is 2.17 bits per heavy atom. The lowest BCUT2D eigenvalue weighted by Gasteiger charge is -2.48. The zero-order valence-corrected chi connectivity index (χ0v) is 45.1. The monoisotopic (exact) mass is 1040 g/mol. The van der Waals surface area contributed by atoms with Gasteiger partial charge >= 0.3 is 0 Å². The van der Waals surface area contributed by atoms with Crippen molar-refractivity contribution in [2.45, 2.75) is 117 Å². The number of anilines is 3. The number of aromatic nitrogens is 2. The quantitative estimate of drug-likeness (QED) is 0.0687. The largest absolute Gasteiger partial charge is 0.383 e. The van der Waals surface area contributed by atoms with Gasteiger partial charge in [0.2, 0.25) is 23.6 Å². The van der Waals surface area contributed by atoms with Crippen LogP contribution in [0.2, 0.25) is 0 Å². The number of carbonyl (C=O) groups excluding carboxylic acids is 4. The second-order valence-electron chi connectivity index (χ2n) is 22.8. The van der Waals surface area contributed by atoms with E-state index >= 15 is 8.78 Å². The number of likely N-dealkylation sites (tertiary alicyclic amines) is 1. The van der Waals surface area contributed by atoms with Gasteiger partial charge in [-0.2, -0.15) is 0 Å². The molecule has 3 atom stereocenters. The third kappa shape index (κ3) is 17.3. The second kappa shape index (κ2) is 27.0. The van der Waals surface area contributed by atoms with E-state index in [1.54, 1.807) is 4.90 Å². The lowest BCUT2D eigenvalue weighted by Crippen LogP contribution is -2.66. The molecule has 5 heterocycles. The summed E-state index contributed by atoms with van der Waals surface area (Å²) in [6, 6.07) is 13.5. The summed E-state index contributed by atoms with van der Waals surface area (Å²) in [6.07, 6.45) is 6.50. The highest BCUT2D eigenvalue weighted by atomic mass is 19.1. The summed E-state index contributed by atoms with van der Waals surface area (Å²) in [5.74, 6) is -0.592. The molecule has 4 aliphatic heterocycles. The number of piperazine rings is 2. The summed E-state index contributed by atoms with van der Waals surface area (Å²) in [4.78, 5) is 71.6. The third-order valence-corrected chi connectivity index (χ3v) is 15.6. The summed E-state index contributed by atoms with van der Waals surface area (Å²) in [5.41, 5.74) is 1.20. The highest BCUT2D eigenvalue weighted by Gasteiger charge is 2.42. The minimum Gasteiger partial charge on any atom is -0.383 e. The van der Waals surface area contributed by atoms with Gasteiger partial charge in [-0.25, -0.2) is 18.7 Å². The van der Waals surface area contributed by atoms with Crippen molar-refractivity contribution >= 4 is 41.0 Å². The normalized spacial score (nSPS) is 19.6. The number of piperidine rings is 2. The van der Waals surface area contributed by atoms with Gasteiger partial charge in [-0.3, -0.25) is 24.1 Å². The van der Waals surface area contributed by atoms with Crippen LogP contribution < -0.4 is 36.4 Å². The molecule has 4 amide bonds. The van der Waals surface area contributed by atoms with E-state index in [0.717, 1.165) is 76.5 Å². The van der Waals surface area contributed by atoms with Crippen molar-refractivity contribution in [3.8, 4) is 0 Å². The lowest BCUT2D eigenvalue weighted by atomic mass is 9.82. The number of rotatable bonds is 24. The van der Waals surface area contributed by atoms with Crippen LogP contribution in [0, 0.1) is 28.9 Å². The zero-order valence-electron chi connectivity index (χ0n) is 45.1. The van der Waals surface area contributed by atoms with Crippen LogP contribution in [0.15, 0.2) is 54.9 Å². The van der Waals surface area contributed by atoms with Crippen molar-refractivity contribution in [2.75, 3.05) is 113 Å². The number of aliphatic hydroxyl groups excluding tert-OH is 1. The van der Waals surface area contributed by atoms with E-state index in [9.17, 15) is 24.3 Å². The van der Waals surface area contributed by atoms with Crippen LogP contribution in [0.5, 0.6) is 0 Å². The fourth-order valence-electron chi connectivity index (χ4n) is 10.8. The highest BCUT2D eigenvalue weighted by molar-refractivity contribution is 5.89. The van der Waals surface area contributed by atoms with Crippen LogP contribution in [-0.2, 0) is 32.1 Å². The molecular weight excluding hydrogens is 959 g/mol. The number of carbonyl (C=O) groups is 4. The van der Waals surface area contributed by atoms with Gasteiger partial charge in [0.05, 0.1) is 17.8 Å². The SMILES string of the molecule is CC(C)C[C@H](NC(=O)[C@@H](O)[C@H](C)Cc1ccccc1)C(=O)NCCCN1CCN(CCC(=O)NCCCNc2cc(N3CCC4(CC3)CN(c3cc(F)c(CN5CCC(C)(C)CC5)cc3F)CC(=O)N4)ncn2)CC1. The smallest absolute Gasteiger partial charge is 0.249 e. The van der Waals surface area contributed by atoms with Gasteiger partial charge in [0.25, 0.3) is 0 Å². The molecule has 17 nitrogen and oxygen atoms in total. The van der Waals surface area contributed by atoms with Gasteiger partial charge in [-0.15, -0.1) is 0 Å². The van der Waals surface area contributed by atoms with Crippen molar-refractivity contribution in [2.24, 2.45) is 17.3 Å². The minimum atomic E-state index is -1.22. The van der Waals surface area contributed by atoms with Gasteiger partial charge in [0.1, 0.15) is 41.7 Å². The first-order valence-corrected chi connectivity index (χ1v) is 27.5. The molecule has 1 spiro atoms. The fraction of sp³-hybridized carbons (Fsp3) is 0.643. The Morgan fingerprint density at radius 2 is 1.47 bits per heavy atom. The van der Waals surface area contributed by atoms with E-state index in [1.807, 2.05) is 57.2 Å². The lowest BCUT2D eigenvalue weighted by molar-refractivity contribution is -0.136. The Bertz CT molecular complexity index is 2340. The average Bonchev–Trinajstić information content (AvgIpc) is 3.38. The van der Waals surface area contributed by atoms with Crippen molar-refractivity contribution in [1.29, 1.82) is 0 Å². The number of hydrogen-bond donors (Lipinski definition) is 6. The van der Waals surface area contributed by atoms with Crippen LogP contribution in [0.3, 0.4) is 0 Å². The van der Waals surface area contributed by atoms with Crippen molar-refractivity contribution in [3.63, 3.8) is 0 Å². The van der Waals surface area contributed by atoms with Crippen LogP contribution in [0.1, 0.15) is 97.1 Å². The Labute approximate surface area is 443 Å². The number of aliphatic hydroxyl groups is 1. The third-order valence-electron chi connectivity index (χ3n) is 15.6. The standard InChI is InChI=1S/C56H84F2N12O5/c1-40(2)31-46(64-54(75)52(73)41(3)32-42-11-7-6-8-12-42)53(74)61-20-10-21-66-27-29-67(30-28-66)22-13-50(71)60-19-9-18-59-48-35-49(63-39-62-48)69-25-16-56(17-26-69)38-70(37-51(72)65-56)47-34-44(57)43(33-45(47)58)36-68-23-14-55(4,5)15-24-68/h6-8,11-12,33-35,39-41,46,52,73H,9-10,13-32,36-38H2,1-5H3,(H,60,71)(H,61,74)(H,64,75)(H,65,72)(H,59,62,63)/t41-,46+,52+/m1/s1. The van der Waals surface area contributed by atoms with Crippen molar-refractivity contribution in [3.05, 3.63) is 77.6 Å². The number of hydrogen-bond acceptors (Lipinski definition) is 13. The van der Waals surface area contributed by atoms with Crippen LogP contribution in [0.4, 0.5) is 26.1 Å². The van der Waals surface area contributed by atoms with E-state index in [1.165, 1.54) is 18.5 Å². The molecule has 75 heavy (non-hydrogen) atoms. The molecular formula is C56H84F2N12O5. The first-order valence-electron chi connectivity index (χ1n) is 27.5. The van der Waals surface area contributed by atoms with Gasteiger partial charge in [-0.05, 0) is 99.9 Å². The van der Waals surface area contributed by atoms with Crippen LogP contribution >= 0.6 is 0 Å². The highest BCUT2D eigenvalue weighted by Crippen LogP contribution is 2.34. The molecule has 4 saturated heterocycles. The second-order valence-corrected chi connectivity index (χ2v) is 22.8. The van der Waals surface area contributed by atoms with Crippen LogP contribution in [-0.4, -0.2) is 169 Å². The molecule has 6 N–H and O–H groups in total. The first kappa shape index (κ1) is 57.2. The van der Waals surface area contributed by atoms with Crippen molar-refractivity contribution < 1.29 is 33.1 Å². The minimum absolute atomic E-state index is 0.0172. The van der Waals surface area contributed by atoms with Gasteiger partial charge in [0.15, 0.2) is 0 Å². The molecule has 19 heteroatoms. The number of nitrogens with zero attached hydrogens (tertiary/aromatic N) is 7. The predicted molar refractivity (Wildman–Crippen MR) is 289 cm³/mol. The van der Waals surface area contributed by atoms with Gasteiger partial charge < -0.3 is 51.3 Å². The van der Waals surface area contributed by atoms with E-state index in [2.05, 4.69) is 70.0 Å². The van der Waals surface area contributed by atoms with E-state index in [-0.39, 0.29) is 47.2 Å². The average molecular weight is 1040 g/mol. The zero-order chi connectivity index (χ0) is 53.5. The molecule has 1 aromatic heterocycles. The van der Waals surface area contributed by atoms with Crippen LogP contribution in [0.25, 0.3) is 0 Å². The van der Waals surface area contributed by atoms with Gasteiger partial charge in [0, 0.05) is 103 Å². The Balaban J connectivity index is 0.740. The predicted octanol–water partition coefficient (Wildman–Crippen LogP) is 4.56. The molecule has 3 aromatic rings. The Morgan fingerprint density at radius 1 is 0.773 bits per heavy atom. The van der Waals surface area contributed by atoms with E-state index < -0.39 is 35.2 Å². The topological polar surface area (TPSA) is 191 Å². The molecule has 0 unspecified atom stereocenters. The number of benzene rings is 2. The summed E-state index contributed by atoms with van der Waals surface area (Å²) in [5, 5.41) is 26.1. The molecule has 412 valence electrons. The number of nitrogens with one attached hydrogen (secondary N) is 5.